The Hall–Kier alpha value is -4.13. The second-order valence-electron chi connectivity index (χ2n) is 7.25. The summed E-state index contributed by atoms with van der Waals surface area (Å²) >= 11 is 0. The van der Waals surface area contributed by atoms with E-state index >= 15 is 0 Å². The zero-order chi connectivity index (χ0) is 24.7. The van der Waals surface area contributed by atoms with Crippen molar-refractivity contribution in [3.8, 4) is 5.75 Å². The molecule has 0 spiro atoms. The Morgan fingerprint density at radius 3 is 2.41 bits per heavy atom. The van der Waals surface area contributed by atoms with Gasteiger partial charge < -0.3 is 9.64 Å². The molecule has 0 bridgehead atoms. The van der Waals surface area contributed by atoms with Gasteiger partial charge in [-0.3, -0.25) is 40.2 Å². The number of nitro benzene ring substituents is 1. The lowest BCUT2D eigenvalue weighted by molar-refractivity contribution is -0.384. The van der Waals surface area contributed by atoms with Gasteiger partial charge in [0, 0.05) is 43.9 Å². The summed E-state index contributed by atoms with van der Waals surface area (Å²) in [5, 5.41) is 10.8. The highest BCUT2D eigenvalue weighted by molar-refractivity contribution is 5.97. The van der Waals surface area contributed by atoms with Crippen LogP contribution in [0.5, 0.6) is 5.75 Å². The van der Waals surface area contributed by atoms with Crippen LogP contribution in [0, 0.1) is 10.1 Å². The minimum absolute atomic E-state index is 0.0118. The van der Waals surface area contributed by atoms with Crippen LogP contribution in [0.4, 0.5) is 14.5 Å². The first-order valence-corrected chi connectivity index (χ1v) is 10.1. The van der Waals surface area contributed by atoms with Gasteiger partial charge in [-0.1, -0.05) is 18.2 Å². The molecule has 1 fully saturated rings. The van der Waals surface area contributed by atoms with E-state index in [0.717, 1.165) is 6.07 Å². The van der Waals surface area contributed by atoms with Crippen molar-refractivity contribution >= 4 is 23.4 Å². The van der Waals surface area contributed by atoms with Crippen LogP contribution in [0.25, 0.3) is 0 Å². The third kappa shape index (κ3) is 6.45. The SMILES string of the molecule is O=C(CN1CCN(C(=O)c2ccccc2OC(F)F)CC1)NNC(=O)c1cccc([N+](=O)[O-])c1. The summed E-state index contributed by atoms with van der Waals surface area (Å²) in [5.41, 5.74) is 4.22. The number of para-hydroxylation sites is 1. The third-order valence-electron chi connectivity index (χ3n) is 4.99. The Morgan fingerprint density at radius 1 is 1.03 bits per heavy atom. The average molecular weight is 477 g/mol. The zero-order valence-electron chi connectivity index (χ0n) is 17.8. The number of ether oxygens (including phenoxy) is 1. The summed E-state index contributed by atoms with van der Waals surface area (Å²) in [7, 11) is 0. The summed E-state index contributed by atoms with van der Waals surface area (Å²) < 4.78 is 29.6. The van der Waals surface area contributed by atoms with Crippen LogP contribution < -0.4 is 15.6 Å². The minimum atomic E-state index is -3.05. The smallest absolute Gasteiger partial charge is 0.387 e. The monoisotopic (exact) mass is 477 g/mol. The second-order valence-corrected chi connectivity index (χ2v) is 7.25. The Bertz CT molecular complexity index is 1080. The first-order valence-electron chi connectivity index (χ1n) is 10.1. The number of non-ortho nitro benzene ring substituents is 1. The molecule has 2 aromatic rings. The van der Waals surface area contributed by atoms with Crippen LogP contribution >= 0.6 is 0 Å². The molecule has 34 heavy (non-hydrogen) atoms. The number of alkyl halides is 2. The largest absolute Gasteiger partial charge is 0.434 e. The minimum Gasteiger partial charge on any atom is -0.434 e. The van der Waals surface area contributed by atoms with Crippen molar-refractivity contribution in [1.82, 2.24) is 20.7 Å². The van der Waals surface area contributed by atoms with E-state index in [9.17, 15) is 33.3 Å². The normalized spacial score (nSPS) is 13.9. The summed E-state index contributed by atoms with van der Waals surface area (Å²) in [6, 6.07) is 10.8. The van der Waals surface area contributed by atoms with E-state index in [-0.39, 0.29) is 42.2 Å². The van der Waals surface area contributed by atoms with Crippen molar-refractivity contribution in [1.29, 1.82) is 0 Å². The predicted octanol–water partition coefficient (Wildman–Crippen LogP) is 1.42. The molecule has 0 unspecified atom stereocenters. The number of benzene rings is 2. The maximum Gasteiger partial charge on any atom is 0.387 e. The molecule has 3 amide bonds. The Kier molecular flexibility index (Phi) is 8.03. The lowest BCUT2D eigenvalue weighted by atomic mass is 10.1. The molecule has 0 atom stereocenters. The number of carbonyl (C=O) groups is 3. The maximum absolute atomic E-state index is 12.7. The molecule has 0 radical (unpaired) electrons. The van der Waals surface area contributed by atoms with Crippen molar-refractivity contribution in [2.45, 2.75) is 6.61 Å². The van der Waals surface area contributed by atoms with E-state index < -0.39 is 29.3 Å². The van der Waals surface area contributed by atoms with Gasteiger partial charge in [-0.25, -0.2) is 0 Å². The maximum atomic E-state index is 12.7. The fraction of sp³-hybridized carbons (Fsp3) is 0.286. The van der Waals surface area contributed by atoms with Gasteiger partial charge in [0.1, 0.15) is 5.75 Å². The third-order valence-corrected chi connectivity index (χ3v) is 4.99. The number of nitrogens with zero attached hydrogens (tertiary/aromatic N) is 3. The molecule has 11 nitrogen and oxygen atoms in total. The van der Waals surface area contributed by atoms with Gasteiger partial charge in [0.2, 0.25) is 0 Å². The van der Waals surface area contributed by atoms with Gasteiger partial charge in [0.15, 0.2) is 0 Å². The Labute approximate surface area is 192 Å². The summed E-state index contributed by atoms with van der Waals surface area (Å²) in [5.74, 6) is -1.89. The number of carbonyl (C=O) groups excluding carboxylic acids is 3. The molecule has 1 aliphatic heterocycles. The first-order chi connectivity index (χ1) is 16.2. The van der Waals surface area contributed by atoms with Crippen LogP contribution in [0.1, 0.15) is 20.7 Å². The molecule has 0 aromatic heterocycles. The lowest BCUT2D eigenvalue weighted by Gasteiger charge is -2.34. The number of hydrogen-bond acceptors (Lipinski definition) is 7. The van der Waals surface area contributed by atoms with Crippen molar-refractivity contribution in [2.75, 3.05) is 32.7 Å². The molecule has 13 heteroatoms. The Balaban J connectivity index is 1.47. The van der Waals surface area contributed by atoms with Crippen LogP contribution in [0.2, 0.25) is 0 Å². The number of rotatable bonds is 7. The molecule has 1 saturated heterocycles. The number of halogens is 2. The van der Waals surface area contributed by atoms with Gasteiger partial charge in [-0.2, -0.15) is 8.78 Å². The van der Waals surface area contributed by atoms with Crippen LogP contribution in [0.15, 0.2) is 48.5 Å². The molecular formula is C21H21F2N5O6. The zero-order valence-corrected chi connectivity index (χ0v) is 17.8. The van der Waals surface area contributed by atoms with E-state index in [1.807, 2.05) is 0 Å². The topological polar surface area (TPSA) is 134 Å². The summed E-state index contributed by atoms with van der Waals surface area (Å²) in [4.78, 5) is 50.4. The molecule has 1 aliphatic rings. The van der Waals surface area contributed by atoms with Gasteiger partial charge in [0.25, 0.3) is 23.4 Å². The number of amides is 3. The van der Waals surface area contributed by atoms with Gasteiger partial charge in [-0.05, 0) is 18.2 Å². The van der Waals surface area contributed by atoms with E-state index in [0.29, 0.717) is 13.1 Å². The summed E-state index contributed by atoms with van der Waals surface area (Å²) in [6.07, 6.45) is 0. The van der Waals surface area contributed by atoms with Gasteiger partial charge >= 0.3 is 6.61 Å². The fourth-order valence-electron chi connectivity index (χ4n) is 3.32. The van der Waals surface area contributed by atoms with Crippen molar-refractivity contribution < 1.29 is 32.8 Å². The number of hydrazine groups is 1. The van der Waals surface area contributed by atoms with E-state index in [1.165, 1.54) is 41.3 Å². The number of hydrogen-bond donors (Lipinski definition) is 2. The van der Waals surface area contributed by atoms with Crippen LogP contribution in [0.3, 0.4) is 0 Å². The highest BCUT2D eigenvalue weighted by Gasteiger charge is 2.26. The van der Waals surface area contributed by atoms with Gasteiger partial charge in [-0.15, -0.1) is 0 Å². The van der Waals surface area contributed by atoms with E-state index in [1.54, 1.807) is 11.0 Å². The molecule has 2 aromatic carbocycles. The molecule has 180 valence electrons. The number of nitro groups is 1. The molecule has 3 rings (SSSR count). The highest BCUT2D eigenvalue weighted by atomic mass is 19.3. The molecule has 0 saturated carbocycles. The summed E-state index contributed by atoms with van der Waals surface area (Å²) in [6.45, 7) is -1.92. The predicted molar refractivity (Wildman–Crippen MR) is 114 cm³/mol. The van der Waals surface area contributed by atoms with Crippen LogP contribution in [-0.2, 0) is 4.79 Å². The number of nitrogens with one attached hydrogen (secondary N) is 2. The fourth-order valence-corrected chi connectivity index (χ4v) is 3.32. The average Bonchev–Trinajstić information content (AvgIpc) is 2.82. The lowest BCUT2D eigenvalue weighted by Crippen LogP contribution is -2.53. The molecule has 1 heterocycles. The van der Waals surface area contributed by atoms with Crippen molar-refractivity contribution in [3.63, 3.8) is 0 Å². The molecular weight excluding hydrogens is 456 g/mol. The van der Waals surface area contributed by atoms with E-state index in [4.69, 9.17) is 0 Å². The molecule has 0 aliphatic carbocycles. The van der Waals surface area contributed by atoms with E-state index in [2.05, 4.69) is 15.6 Å². The molecule has 2 N–H and O–H groups in total. The first kappa shape index (κ1) is 24.5. The van der Waals surface area contributed by atoms with Crippen molar-refractivity contribution in [3.05, 3.63) is 69.8 Å². The highest BCUT2D eigenvalue weighted by Crippen LogP contribution is 2.22. The van der Waals surface area contributed by atoms with Crippen LogP contribution in [-0.4, -0.2) is 71.8 Å². The standard InChI is InChI=1S/C21H21F2N5O6/c22-21(23)34-17-7-2-1-6-16(17)20(31)27-10-8-26(9-11-27)13-18(29)24-25-19(30)14-4-3-5-15(12-14)28(32)33/h1-7,12,21H,8-11,13H2,(H,24,29)(H,25,30). The van der Waals surface area contributed by atoms with Crippen molar-refractivity contribution in [2.24, 2.45) is 0 Å². The Morgan fingerprint density at radius 2 is 1.74 bits per heavy atom. The van der Waals surface area contributed by atoms with Gasteiger partial charge in [0.05, 0.1) is 17.0 Å². The quantitative estimate of drug-likeness (QED) is 0.455. The number of piperazine rings is 1. The second kappa shape index (κ2) is 11.1.